The minimum atomic E-state index is -0.486. The van der Waals surface area contributed by atoms with Crippen LogP contribution >= 0.6 is 0 Å². The van der Waals surface area contributed by atoms with Crippen LogP contribution in [0.2, 0.25) is 0 Å². The van der Waals surface area contributed by atoms with E-state index in [9.17, 15) is 4.79 Å². The van der Waals surface area contributed by atoms with Crippen molar-refractivity contribution in [3.8, 4) is 11.3 Å². The van der Waals surface area contributed by atoms with Crippen molar-refractivity contribution < 1.29 is 9.53 Å². The highest BCUT2D eigenvalue weighted by Gasteiger charge is 2.08. The van der Waals surface area contributed by atoms with Crippen LogP contribution in [0.25, 0.3) is 22.2 Å². The van der Waals surface area contributed by atoms with Crippen molar-refractivity contribution in [1.82, 2.24) is 15.2 Å². The van der Waals surface area contributed by atoms with Crippen LogP contribution in [0.4, 0.5) is 0 Å². The van der Waals surface area contributed by atoms with E-state index in [4.69, 9.17) is 0 Å². The van der Waals surface area contributed by atoms with Crippen LogP contribution in [0.15, 0.2) is 42.6 Å². The molecular formula is C14H11N3O2. The average Bonchev–Trinajstić information content (AvgIpc) is 2.94. The standard InChI is InChI=1S/C14H11N3O2/c1-19-14(18)13-5-4-12(16-17-13)9-2-3-11-10(8-9)6-7-15-11/h2-8,15H,1H3. The fourth-order valence-corrected chi connectivity index (χ4v) is 1.91. The molecule has 0 bridgehead atoms. The molecule has 0 unspecified atom stereocenters. The molecule has 0 aliphatic rings. The molecule has 2 heterocycles. The Morgan fingerprint density at radius 3 is 2.79 bits per heavy atom. The monoisotopic (exact) mass is 253 g/mol. The Hall–Kier alpha value is -2.69. The number of fused-ring (bicyclic) bond motifs is 1. The topological polar surface area (TPSA) is 67.9 Å². The lowest BCUT2D eigenvalue weighted by atomic mass is 10.1. The number of ether oxygens (including phenoxy) is 1. The van der Waals surface area contributed by atoms with Crippen molar-refractivity contribution in [1.29, 1.82) is 0 Å². The van der Waals surface area contributed by atoms with Gasteiger partial charge in [-0.1, -0.05) is 6.07 Å². The van der Waals surface area contributed by atoms with Crippen LogP contribution in [0, 0.1) is 0 Å². The zero-order chi connectivity index (χ0) is 13.2. The average molecular weight is 253 g/mol. The Morgan fingerprint density at radius 1 is 1.16 bits per heavy atom. The predicted octanol–water partition coefficient (Wildman–Crippen LogP) is 2.41. The number of hydrogen-bond acceptors (Lipinski definition) is 4. The molecule has 5 nitrogen and oxygen atoms in total. The van der Waals surface area contributed by atoms with E-state index < -0.39 is 5.97 Å². The van der Waals surface area contributed by atoms with Gasteiger partial charge in [0.25, 0.3) is 0 Å². The minimum Gasteiger partial charge on any atom is -0.464 e. The summed E-state index contributed by atoms with van der Waals surface area (Å²) in [6, 6.07) is 11.3. The number of benzene rings is 1. The lowest BCUT2D eigenvalue weighted by Crippen LogP contribution is -2.05. The second-order valence-electron chi connectivity index (χ2n) is 4.08. The molecule has 0 aliphatic heterocycles. The molecule has 3 aromatic rings. The van der Waals surface area contributed by atoms with Crippen LogP contribution in [-0.4, -0.2) is 28.3 Å². The van der Waals surface area contributed by atoms with Crippen molar-refractivity contribution in [2.75, 3.05) is 7.11 Å². The molecular weight excluding hydrogens is 242 g/mol. The summed E-state index contributed by atoms with van der Waals surface area (Å²) < 4.78 is 4.58. The molecule has 19 heavy (non-hydrogen) atoms. The number of H-pyrrole nitrogens is 1. The second-order valence-corrected chi connectivity index (χ2v) is 4.08. The van der Waals surface area contributed by atoms with E-state index in [0.29, 0.717) is 0 Å². The Bertz CT molecular complexity index is 732. The number of aromatic amines is 1. The molecule has 1 aromatic carbocycles. The molecule has 94 valence electrons. The molecule has 2 aromatic heterocycles. The van der Waals surface area contributed by atoms with E-state index in [2.05, 4.69) is 19.9 Å². The molecule has 5 heteroatoms. The number of nitrogens with one attached hydrogen (secondary N) is 1. The fraction of sp³-hybridized carbons (Fsp3) is 0.0714. The van der Waals surface area contributed by atoms with Gasteiger partial charge in [-0.15, -0.1) is 10.2 Å². The molecule has 0 radical (unpaired) electrons. The normalized spacial score (nSPS) is 10.6. The number of hydrogen-bond donors (Lipinski definition) is 1. The number of rotatable bonds is 2. The lowest BCUT2D eigenvalue weighted by Gasteiger charge is -2.01. The van der Waals surface area contributed by atoms with E-state index in [1.165, 1.54) is 7.11 Å². The first-order valence-corrected chi connectivity index (χ1v) is 5.77. The summed E-state index contributed by atoms with van der Waals surface area (Å²) in [4.78, 5) is 14.4. The number of aromatic nitrogens is 3. The first-order valence-electron chi connectivity index (χ1n) is 5.77. The van der Waals surface area contributed by atoms with Gasteiger partial charge in [0.05, 0.1) is 12.8 Å². The third-order valence-corrected chi connectivity index (χ3v) is 2.91. The molecule has 0 fully saturated rings. The highest BCUT2D eigenvalue weighted by atomic mass is 16.5. The zero-order valence-corrected chi connectivity index (χ0v) is 10.3. The number of carbonyl (C=O) groups is 1. The molecule has 0 atom stereocenters. The summed E-state index contributed by atoms with van der Waals surface area (Å²) in [7, 11) is 1.32. The maximum absolute atomic E-state index is 11.3. The maximum atomic E-state index is 11.3. The van der Waals surface area contributed by atoms with Crippen molar-refractivity contribution in [3.05, 3.63) is 48.3 Å². The molecule has 0 saturated carbocycles. The quantitative estimate of drug-likeness (QED) is 0.712. The first kappa shape index (κ1) is 11.4. The van der Waals surface area contributed by atoms with Gasteiger partial charge in [0.2, 0.25) is 0 Å². The van der Waals surface area contributed by atoms with Crippen LogP contribution < -0.4 is 0 Å². The predicted molar refractivity (Wildman–Crippen MR) is 70.7 cm³/mol. The summed E-state index contributed by atoms with van der Waals surface area (Å²) in [5.74, 6) is -0.486. The number of carbonyl (C=O) groups excluding carboxylic acids is 1. The number of nitrogens with zero attached hydrogens (tertiary/aromatic N) is 2. The van der Waals surface area contributed by atoms with Crippen molar-refractivity contribution >= 4 is 16.9 Å². The van der Waals surface area contributed by atoms with E-state index in [0.717, 1.165) is 22.2 Å². The summed E-state index contributed by atoms with van der Waals surface area (Å²) in [5.41, 5.74) is 2.95. The van der Waals surface area contributed by atoms with E-state index >= 15 is 0 Å². The van der Waals surface area contributed by atoms with Gasteiger partial charge in [0.15, 0.2) is 5.69 Å². The number of methoxy groups -OCH3 is 1. The highest BCUT2D eigenvalue weighted by molar-refractivity contribution is 5.87. The van der Waals surface area contributed by atoms with Gasteiger partial charge < -0.3 is 9.72 Å². The Morgan fingerprint density at radius 2 is 2.05 bits per heavy atom. The summed E-state index contributed by atoms with van der Waals surface area (Å²) in [6.07, 6.45) is 1.89. The summed E-state index contributed by atoms with van der Waals surface area (Å²) >= 11 is 0. The first-order chi connectivity index (χ1) is 9.28. The van der Waals surface area contributed by atoms with Crippen LogP contribution in [-0.2, 0) is 4.74 Å². The van der Waals surface area contributed by atoms with E-state index in [1.54, 1.807) is 12.1 Å². The maximum Gasteiger partial charge on any atom is 0.358 e. The third kappa shape index (κ3) is 2.06. The zero-order valence-electron chi connectivity index (χ0n) is 10.3. The van der Waals surface area contributed by atoms with Crippen LogP contribution in [0.3, 0.4) is 0 Å². The van der Waals surface area contributed by atoms with Gasteiger partial charge in [-0.3, -0.25) is 0 Å². The van der Waals surface area contributed by atoms with Gasteiger partial charge in [-0.05, 0) is 30.3 Å². The molecule has 0 amide bonds. The Balaban J connectivity index is 1.99. The summed E-state index contributed by atoms with van der Waals surface area (Å²) in [5, 5.41) is 9.02. The minimum absolute atomic E-state index is 0.203. The molecule has 0 aliphatic carbocycles. The molecule has 0 spiro atoms. The smallest absolute Gasteiger partial charge is 0.358 e. The molecule has 3 rings (SSSR count). The third-order valence-electron chi connectivity index (χ3n) is 2.91. The van der Waals surface area contributed by atoms with E-state index in [-0.39, 0.29) is 5.69 Å². The lowest BCUT2D eigenvalue weighted by molar-refractivity contribution is 0.0592. The van der Waals surface area contributed by atoms with Gasteiger partial charge >= 0.3 is 5.97 Å². The second kappa shape index (κ2) is 4.53. The Kier molecular flexibility index (Phi) is 2.72. The SMILES string of the molecule is COC(=O)c1ccc(-c2ccc3[nH]ccc3c2)nn1. The molecule has 1 N–H and O–H groups in total. The van der Waals surface area contributed by atoms with Gasteiger partial charge in [0, 0.05) is 22.7 Å². The van der Waals surface area contributed by atoms with Gasteiger partial charge in [0.1, 0.15) is 0 Å². The Labute approximate surface area is 109 Å². The van der Waals surface area contributed by atoms with Crippen LogP contribution in [0.1, 0.15) is 10.5 Å². The van der Waals surface area contributed by atoms with Crippen molar-refractivity contribution in [2.24, 2.45) is 0 Å². The van der Waals surface area contributed by atoms with Gasteiger partial charge in [-0.2, -0.15) is 0 Å². The van der Waals surface area contributed by atoms with Crippen molar-refractivity contribution in [2.45, 2.75) is 0 Å². The van der Waals surface area contributed by atoms with Crippen molar-refractivity contribution in [3.63, 3.8) is 0 Å². The summed E-state index contributed by atoms with van der Waals surface area (Å²) in [6.45, 7) is 0. The number of esters is 1. The largest absolute Gasteiger partial charge is 0.464 e. The molecule has 0 saturated heterocycles. The van der Waals surface area contributed by atoms with Crippen LogP contribution in [0.5, 0.6) is 0 Å². The van der Waals surface area contributed by atoms with Gasteiger partial charge in [-0.25, -0.2) is 4.79 Å². The fourth-order valence-electron chi connectivity index (χ4n) is 1.91. The highest BCUT2D eigenvalue weighted by Crippen LogP contribution is 2.21. The van der Waals surface area contributed by atoms with E-state index in [1.807, 2.05) is 30.5 Å².